The zero-order valence-corrected chi connectivity index (χ0v) is 15.6. The number of aryl methyl sites for hydroxylation is 1. The number of aliphatic hydroxyl groups excluding tert-OH is 1. The zero-order chi connectivity index (χ0) is 18.8. The van der Waals surface area contributed by atoms with Crippen molar-refractivity contribution in [2.45, 2.75) is 33.4 Å². The van der Waals surface area contributed by atoms with E-state index in [4.69, 9.17) is 0 Å². The Labute approximate surface area is 152 Å². The largest absolute Gasteiger partial charge is 0.394 e. The summed E-state index contributed by atoms with van der Waals surface area (Å²) in [4.78, 5) is 22.0. The van der Waals surface area contributed by atoms with Gasteiger partial charge in [-0.05, 0) is 18.4 Å². The summed E-state index contributed by atoms with van der Waals surface area (Å²) in [6.45, 7) is 6.42. The van der Waals surface area contributed by atoms with Crippen molar-refractivity contribution in [3.8, 4) is 0 Å². The Morgan fingerprint density at radius 3 is 2.50 bits per heavy atom. The van der Waals surface area contributed by atoms with E-state index >= 15 is 0 Å². The predicted octanol–water partition coefficient (Wildman–Crippen LogP) is 1.92. The van der Waals surface area contributed by atoms with Gasteiger partial charge >= 0.3 is 0 Å². The second-order valence-electron chi connectivity index (χ2n) is 6.88. The van der Waals surface area contributed by atoms with Gasteiger partial charge in [0.1, 0.15) is 5.82 Å². The van der Waals surface area contributed by atoms with Crippen molar-refractivity contribution in [2.75, 3.05) is 11.9 Å². The topological polar surface area (TPSA) is 85.0 Å². The van der Waals surface area contributed by atoms with E-state index in [0.29, 0.717) is 23.7 Å². The highest BCUT2D eigenvalue weighted by atomic mass is 16.3. The molecule has 2 aromatic heterocycles. The number of hydrogen-bond donors (Lipinski definition) is 2. The van der Waals surface area contributed by atoms with Gasteiger partial charge in [-0.2, -0.15) is 4.98 Å². The fourth-order valence-corrected chi connectivity index (χ4v) is 2.95. The lowest BCUT2D eigenvalue weighted by molar-refractivity contribution is 0.248. The Morgan fingerprint density at radius 1 is 1.19 bits per heavy atom. The fraction of sp³-hybridized carbons (Fsp3) is 0.421. The van der Waals surface area contributed by atoms with Gasteiger partial charge in [0, 0.05) is 13.6 Å². The molecule has 2 N–H and O–H groups in total. The monoisotopic (exact) mass is 355 g/mol. The molecule has 1 aromatic carbocycles. The van der Waals surface area contributed by atoms with Crippen LogP contribution >= 0.6 is 0 Å². The first-order chi connectivity index (χ1) is 12.4. The quantitative estimate of drug-likeness (QED) is 0.706. The van der Waals surface area contributed by atoms with Crippen LogP contribution < -0.4 is 10.9 Å². The standard InChI is InChI=1S/C19H25N5O2/c1-12(2)15(11-25)21-19-22-17-16(18(26)23(19)4)24(13(3)20-17)10-14-8-6-5-7-9-14/h5-9,12,15,25H,10-11H2,1-4H3,(H,21,22). The third-order valence-corrected chi connectivity index (χ3v) is 4.68. The smallest absolute Gasteiger partial charge is 0.280 e. The first-order valence-corrected chi connectivity index (χ1v) is 8.77. The molecule has 0 aliphatic rings. The minimum Gasteiger partial charge on any atom is -0.394 e. The molecule has 0 radical (unpaired) electrons. The van der Waals surface area contributed by atoms with Crippen LogP contribution in [-0.2, 0) is 13.6 Å². The van der Waals surface area contributed by atoms with Crippen LogP contribution in [0.3, 0.4) is 0 Å². The molecule has 0 saturated heterocycles. The van der Waals surface area contributed by atoms with E-state index in [1.165, 1.54) is 4.57 Å². The Kier molecular flexibility index (Phi) is 5.08. The summed E-state index contributed by atoms with van der Waals surface area (Å²) in [5.74, 6) is 1.36. The lowest BCUT2D eigenvalue weighted by Crippen LogP contribution is -2.33. The average molecular weight is 355 g/mol. The summed E-state index contributed by atoms with van der Waals surface area (Å²) in [6.07, 6.45) is 0. The number of imidazole rings is 1. The lowest BCUT2D eigenvalue weighted by Gasteiger charge is -2.21. The van der Waals surface area contributed by atoms with Crippen LogP contribution in [0.4, 0.5) is 5.95 Å². The summed E-state index contributed by atoms with van der Waals surface area (Å²) in [5.41, 5.74) is 1.85. The van der Waals surface area contributed by atoms with Gasteiger partial charge in [0.15, 0.2) is 11.2 Å². The van der Waals surface area contributed by atoms with Gasteiger partial charge in [-0.3, -0.25) is 9.36 Å². The van der Waals surface area contributed by atoms with Gasteiger partial charge in [-0.1, -0.05) is 44.2 Å². The van der Waals surface area contributed by atoms with Gasteiger partial charge in [-0.25, -0.2) is 4.98 Å². The SMILES string of the molecule is Cc1nc2nc(NC(CO)C(C)C)n(C)c(=O)c2n1Cc1ccccc1. The number of nitrogens with one attached hydrogen (secondary N) is 1. The molecule has 7 heteroatoms. The van der Waals surface area contributed by atoms with Crippen LogP contribution in [0.2, 0.25) is 0 Å². The number of benzene rings is 1. The van der Waals surface area contributed by atoms with Crippen molar-refractivity contribution in [1.29, 1.82) is 0 Å². The Hall–Kier alpha value is -2.67. The summed E-state index contributed by atoms with van der Waals surface area (Å²) in [7, 11) is 1.68. The Bertz CT molecular complexity index is 959. The summed E-state index contributed by atoms with van der Waals surface area (Å²) in [6, 6.07) is 9.78. The molecule has 0 bridgehead atoms. The first-order valence-electron chi connectivity index (χ1n) is 8.77. The highest BCUT2D eigenvalue weighted by Gasteiger charge is 2.19. The summed E-state index contributed by atoms with van der Waals surface area (Å²) in [5, 5.41) is 12.7. The molecule has 138 valence electrons. The molecule has 2 heterocycles. The molecule has 0 amide bonds. The highest BCUT2D eigenvalue weighted by Crippen LogP contribution is 2.16. The molecule has 1 atom stereocenters. The highest BCUT2D eigenvalue weighted by molar-refractivity contribution is 5.72. The summed E-state index contributed by atoms with van der Waals surface area (Å²) < 4.78 is 3.38. The zero-order valence-electron chi connectivity index (χ0n) is 15.6. The first kappa shape index (κ1) is 18.1. The van der Waals surface area contributed by atoms with E-state index in [-0.39, 0.29) is 24.1 Å². The molecule has 0 aliphatic carbocycles. The van der Waals surface area contributed by atoms with E-state index in [9.17, 15) is 9.90 Å². The third kappa shape index (κ3) is 3.35. The summed E-state index contributed by atoms with van der Waals surface area (Å²) >= 11 is 0. The maximum absolute atomic E-state index is 13.0. The molecule has 0 saturated carbocycles. The van der Waals surface area contributed by atoms with E-state index in [0.717, 1.165) is 11.4 Å². The van der Waals surface area contributed by atoms with Crippen LogP contribution in [0.5, 0.6) is 0 Å². The lowest BCUT2D eigenvalue weighted by atomic mass is 10.1. The minimum atomic E-state index is -0.182. The van der Waals surface area contributed by atoms with Gasteiger partial charge in [0.05, 0.1) is 12.6 Å². The number of aromatic nitrogens is 4. The average Bonchev–Trinajstić information content (AvgIpc) is 2.93. The molecule has 3 aromatic rings. The molecule has 26 heavy (non-hydrogen) atoms. The van der Waals surface area contributed by atoms with Gasteiger partial charge in [-0.15, -0.1) is 0 Å². The van der Waals surface area contributed by atoms with E-state index < -0.39 is 0 Å². The van der Waals surface area contributed by atoms with E-state index in [2.05, 4.69) is 15.3 Å². The van der Waals surface area contributed by atoms with Crippen LogP contribution in [0.15, 0.2) is 35.1 Å². The number of nitrogens with zero attached hydrogens (tertiary/aromatic N) is 4. The van der Waals surface area contributed by atoms with Crippen molar-refractivity contribution >= 4 is 17.1 Å². The Morgan fingerprint density at radius 2 is 1.88 bits per heavy atom. The van der Waals surface area contributed by atoms with Crippen molar-refractivity contribution < 1.29 is 5.11 Å². The molecule has 0 fully saturated rings. The normalized spacial score (nSPS) is 12.7. The molecule has 1 unspecified atom stereocenters. The van der Waals surface area contributed by atoms with Crippen molar-refractivity contribution in [1.82, 2.24) is 19.1 Å². The Balaban J connectivity index is 2.07. The fourth-order valence-electron chi connectivity index (χ4n) is 2.95. The predicted molar refractivity (Wildman–Crippen MR) is 102 cm³/mol. The number of aliphatic hydroxyl groups is 1. The van der Waals surface area contributed by atoms with Crippen LogP contribution in [0, 0.1) is 12.8 Å². The molecule has 7 nitrogen and oxygen atoms in total. The van der Waals surface area contributed by atoms with E-state index in [1.54, 1.807) is 7.05 Å². The van der Waals surface area contributed by atoms with Crippen molar-refractivity contribution in [3.05, 3.63) is 52.1 Å². The second-order valence-corrected chi connectivity index (χ2v) is 6.88. The van der Waals surface area contributed by atoms with E-state index in [1.807, 2.05) is 55.7 Å². The van der Waals surface area contributed by atoms with Crippen molar-refractivity contribution in [3.63, 3.8) is 0 Å². The maximum atomic E-state index is 13.0. The van der Waals surface area contributed by atoms with Crippen LogP contribution in [0.25, 0.3) is 11.2 Å². The van der Waals surface area contributed by atoms with Gasteiger partial charge < -0.3 is 15.0 Å². The van der Waals surface area contributed by atoms with Gasteiger partial charge in [0.25, 0.3) is 5.56 Å². The molecule has 0 spiro atoms. The van der Waals surface area contributed by atoms with Crippen LogP contribution in [-0.4, -0.2) is 36.9 Å². The molecular formula is C19H25N5O2. The minimum absolute atomic E-state index is 0.0347. The number of rotatable bonds is 6. The number of anilines is 1. The third-order valence-electron chi connectivity index (χ3n) is 4.68. The van der Waals surface area contributed by atoms with Crippen LogP contribution in [0.1, 0.15) is 25.2 Å². The number of hydrogen-bond acceptors (Lipinski definition) is 5. The number of fused-ring (bicyclic) bond motifs is 1. The molecular weight excluding hydrogens is 330 g/mol. The second kappa shape index (κ2) is 7.29. The van der Waals surface area contributed by atoms with Crippen molar-refractivity contribution in [2.24, 2.45) is 13.0 Å². The molecule has 3 rings (SSSR count). The maximum Gasteiger partial charge on any atom is 0.280 e. The van der Waals surface area contributed by atoms with Gasteiger partial charge in [0.2, 0.25) is 5.95 Å². The molecule has 0 aliphatic heterocycles.